The van der Waals surface area contributed by atoms with Crippen molar-refractivity contribution >= 4 is 21.7 Å². The Labute approximate surface area is 145 Å². The SMILES string of the molecule is O=C(Nc1cccc(S(=O)(=O)O)c1)c1ccc(-c2ccccc2)cc1. The van der Waals surface area contributed by atoms with E-state index in [1.54, 1.807) is 18.2 Å². The summed E-state index contributed by atoms with van der Waals surface area (Å²) < 4.78 is 31.4. The van der Waals surface area contributed by atoms with Crippen LogP contribution in [-0.4, -0.2) is 18.9 Å². The first-order chi connectivity index (χ1) is 11.9. The van der Waals surface area contributed by atoms with Crippen molar-refractivity contribution in [3.8, 4) is 11.1 Å². The number of nitrogens with one attached hydrogen (secondary N) is 1. The Morgan fingerprint density at radius 1 is 0.800 bits per heavy atom. The zero-order valence-corrected chi connectivity index (χ0v) is 13.9. The van der Waals surface area contributed by atoms with E-state index >= 15 is 0 Å². The van der Waals surface area contributed by atoms with Crippen LogP contribution in [0.2, 0.25) is 0 Å². The zero-order valence-electron chi connectivity index (χ0n) is 13.1. The van der Waals surface area contributed by atoms with Crippen LogP contribution in [-0.2, 0) is 10.1 Å². The maximum Gasteiger partial charge on any atom is 0.294 e. The van der Waals surface area contributed by atoms with Crippen molar-refractivity contribution in [3.63, 3.8) is 0 Å². The van der Waals surface area contributed by atoms with Crippen LogP contribution in [0, 0.1) is 0 Å². The monoisotopic (exact) mass is 353 g/mol. The Balaban J connectivity index is 1.78. The summed E-state index contributed by atoms with van der Waals surface area (Å²) in [7, 11) is -4.31. The summed E-state index contributed by atoms with van der Waals surface area (Å²) >= 11 is 0. The number of anilines is 1. The van der Waals surface area contributed by atoms with Gasteiger partial charge in [0.2, 0.25) is 0 Å². The molecule has 126 valence electrons. The highest BCUT2D eigenvalue weighted by molar-refractivity contribution is 7.85. The minimum Gasteiger partial charge on any atom is -0.322 e. The molecule has 0 spiro atoms. The first-order valence-electron chi connectivity index (χ1n) is 7.48. The maximum absolute atomic E-state index is 12.3. The number of hydrogen-bond donors (Lipinski definition) is 2. The molecular formula is C19H15NO4S. The van der Waals surface area contributed by atoms with Gasteiger partial charge < -0.3 is 5.32 Å². The van der Waals surface area contributed by atoms with E-state index in [1.165, 1.54) is 18.2 Å². The maximum atomic E-state index is 12.3. The molecule has 6 heteroatoms. The molecule has 0 fully saturated rings. The van der Waals surface area contributed by atoms with E-state index in [-0.39, 0.29) is 16.5 Å². The number of carbonyl (C=O) groups excluding carboxylic acids is 1. The number of carbonyl (C=O) groups is 1. The van der Waals surface area contributed by atoms with Crippen molar-refractivity contribution in [1.82, 2.24) is 0 Å². The van der Waals surface area contributed by atoms with Crippen LogP contribution < -0.4 is 5.32 Å². The van der Waals surface area contributed by atoms with Crippen LogP contribution in [0.3, 0.4) is 0 Å². The van der Waals surface area contributed by atoms with Crippen LogP contribution in [0.1, 0.15) is 10.4 Å². The normalized spacial score (nSPS) is 11.1. The molecule has 0 saturated heterocycles. The van der Waals surface area contributed by atoms with Crippen LogP contribution >= 0.6 is 0 Å². The number of hydrogen-bond acceptors (Lipinski definition) is 3. The Kier molecular flexibility index (Phi) is 4.65. The zero-order chi connectivity index (χ0) is 17.9. The van der Waals surface area contributed by atoms with Crippen molar-refractivity contribution in [1.29, 1.82) is 0 Å². The molecule has 3 rings (SSSR count). The van der Waals surface area contributed by atoms with E-state index in [0.29, 0.717) is 5.56 Å². The van der Waals surface area contributed by atoms with Gasteiger partial charge in [-0.15, -0.1) is 0 Å². The molecule has 3 aromatic rings. The summed E-state index contributed by atoms with van der Waals surface area (Å²) in [5.74, 6) is -0.368. The average molecular weight is 353 g/mol. The third kappa shape index (κ3) is 4.12. The Morgan fingerprint density at radius 3 is 2.08 bits per heavy atom. The van der Waals surface area contributed by atoms with Crippen molar-refractivity contribution < 1.29 is 17.8 Å². The molecule has 3 aromatic carbocycles. The van der Waals surface area contributed by atoms with Gasteiger partial charge in [0.25, 0.3) is 16.0 Å². The fraction of sp³-hybridized carbons (Fsp3) is 0. The molecule has 2 N–H and O–H groups in total. The molecule has 25 heavy (non-hydrogen) atoms. The molecule has 0 aliphatic rings. The number of rotatable bonds is 4. The van der Waals surface area contributed by atoms with Crippen LogP contribution in [0.25, 0.3) is 11.1 Å². The fourth-order valence-corrected chi connectivity index (χ4v) is 2.91. The van der Waals surface area contributed by atoms with Gasteiger partial charge in [-0.3, -0.25) is 9.35 Å². The second kappa shape index (κ2) is 6.88. The third-order valence-corrected chi connectivity index (χ3v) is 4.49. The van der Waals surface area contributed by atoms with Crippen LogP contribution in [0.5, 0.6) is 0 Å². The lowest BCUT2D eigenvalue weighted by molar-refractivity contribution is 0.102. The van der Waals surface area contributed by atoms with Crippen molar-refractivity contribution in [2.45, 2.75) is 4.90 Å². The Hall–Kier alpha value is -2.96. The van der Waals surface area contributed by atoms with Gasteiger partial charge in [0.05, 0.1) is 4.90 Å². The van der Waals surface area contributed by atoms with E-state index < -0.39 is 10.1 Å². The van der Waals surface area contributed by atoms with Crippen molar-refractivity contribution in [2.75, 3.05) is 5.32 Å². The highest BCUT2D eigenvalue weighted by atomic mass is 32.2. The molecule has 0 atom stereocenters. The van der Waals surface area contributed by atoms with E-state index in [1.807, 2.05) is 42.5 Å². The lowest BCUT2D eigenvalue weighted by atomic mass is 10.0. The standard InChI is InChI=1S/C19H15NO4S/c21-19(20-17-7-4-8-18(13-17)25(22,23)24)16-11-9-15(10-12-16)14-5-2-1-3-6-14/h1-13H,(H,20,21)(H,22,23,24). The highest BCUT2D eigenvalue weighted by Gasteiger charge is 2.12. The van der Waals surface area contributed by atoms with Gasteiger partial charge in [-0.05, 0) is 41.5 Å². The van der Waals surface area contributed by atoms with Gasteiger partial charge in [0.1, 0.15) is 0 Å². The summed E-state index contributed by atoms with van der Waals surface area (Å²) in [6, 6.07) is 22.3. The topological polar surface area (TPSA) is 83.5 Å². The highest BCUT2D eigenvalue weighted by Crippen LogP contribution is 2.20. The fourth-order valence-electron chi connectivity index (χ4n) is 2.38. The summed E-state index contributed by atoms with van der Waals surface area (Å²) in [6.45, 7) is 0. The first kappa shape index (κ1) is 16.9. The van der Waals surface area contributed by atoms with E-state index in [4.69, 9.17) is 4.55 Å². The second-order valence-electron chi connectivity index (χ2n) is 5.40. The molecular weight excluding hydrogens is 338 g/mol. The second-order valence-corrected chi connectivity index (χ2v) is 6.82. The lowest BCUT2D eigenvalue weighted by Gasteiger charge is -2.07. The third-order valence-electron chi connectivity index (χ3n) is 3.64. The Bertz CT molecular complexity index is 997. The molecule has 0 saturated carbocycles. The summed E-state index contributed by atoms with van der Waals surface area (Å²) in [5.41, 5.74) is 2.77. The molecule has 5 nitrogen and oxygen atoms in total. The van der Waals surface area contributed by atoms with E-state index in [2.05, 4.69) is 5.32 Å². The largest absolute Gasteiger partial charge is 0.322 e. The van der Waals surface area contributed by atoms with E-state index in [9.17, 15) is 13.2 Å². The molecule has 0 heterocycles. The van der Waals surface area contributed by atoms with Gasteiger partial charge in [-0.2, -0.15) is 8.42 Å². The minimum absolute atomic E-state index is 0.273. The lowest BCUT2D eigenvalue weighted by Crippen LogP contribution is -2.12. The van der Waals surface area contributed by atoms with Gasteiger partial charge in [0.15, 0.2) is 0 Å². The Morgan fingerprint density at radius 2 is 1.44 bits per heavy atom. The first-order valence-corrected chi connectivity index (χ1v) is 8.92. The molecule has 0 aliphatic heterocycles. The quantitative estimate of drug-likeness (QED) is 0.698. The molecule has 0 bridgehead atoms. The van der Waals surface area contributed by atoms with Crippen LogP contribution in [0.15, 0.2) is 83.8 Å². The van der Waals surface area contributed by atoms with Gasteiger partial charge in [0, 0.05) is 11.3 Å². The molecule has 0 radical (unpaired) electrons. The molecule has 0 aromatic heterocycles. The summed E-state index contributed by atoms with van der Waals surface area (Å²) in [5, 5.41) is 2.62. The minimum atomic E-state index is -4.31. The number of amides is 1. The smallest absolute Gasteiger partial charge is 0.294 e. The van der Waals surface area contributed by atoms with Crippen molar-refractivity contribution in [3.05, 3.63) is 84.4 Å². The van der Waals surface area contributed by atoms with Crippen LogP contribution in [0.4, 0.5) is 5.69 Å². The molecule has 1 amide bonds. The predicted molar refractivity (Wildman–Crippen MR) is 96.1 cm³/mol. The molecule has 0 aliphatic carbocycles. The summed E-state index contributed by atoms with van der Waals surface area (Å²) in [4.78, 5) is 12.0. The van der Waals surface area contributed by atoms with Gasteiger partial charge in [-0.25, -0.2) is 0 Å². The van der Waals surface area contributed by atoms with Gasteiger partial charge in [-0.1, -0.05) is 48.5 Å². The summed E-state index contributed by atoms with van der Waals surface area (Å²) in [6.07, 6.45) is 0. The van der Waals surface area contributed by atoms with Crippen molar-refractivity contribution in [2.24, 2.45) is 0 Å². The number of benzene rings is 3. The molecule has 0 unspecified atom stereocenters. The average Bonchev–Trinajstić information content (AvgIpc) is 2.62. The predicted octanol–water partition coefficient (Wildman–Crippen LogP) is 3.85. The van der Waals surface area contributed by atoms with E-state index in [0.717, 1.165) is 11.1 Å². The van der Waals surface area contributed by atoms with Gasteiger partial charge >= 0.3 is 0 Å².